The lowest BCUT2D eigenvalue weighted by Gasteiger charge is -2.33. The van der Waals surface area contributed by atoms with Crippen molar-refractivity contribution in [1.29, 1.82) is 0 Å². The number of nitrogens with zero attached hydrogens (tertiary/aromatic N) is 1. The highest BCUT2D eigenvalue weighted by Gasteiger charge is 2.33. The molecule has 2 aromatic carbocycles. The fraction of sp³-hybridized carbons (Fsp3) is 0.294. The third kappa shape index (κ3) is 2.48. The van der Waals surface area contributed by atoms with Crippen LogP contribution in [0.1, 0.15) is 12.5 Å². The first-order chi connectivity index (χ1) is 10.5. The summed E-state index contributed by atoms with van der Waals surface area (Å²) in [6.07, 6.45) is 0.190. The third-order valence-electron chi connectivity index (χ3n) is 3.92. The molecule has 1 unspecified atom stereocenters. The highest BCUT2D eigenvalue weighted by molar-refractivity contribution is 7.99. The molecule has 5 heteroatoms. The molecule has 2 aliphatic heterocycles. The van der Waals surface area contributed by atoms with E-state index >= 15 is 0 Å². The molecular weight excluding hydrogens is 304 g/mol. The minimum absolute atomic E-state index is 0.0490. The van der Waals surface area contributed by atoms with Crippen molar-refractivity contribution in [2.24, 2.45) is 0 Å². The zero-order valence-electron chi connectivity index (χ0n) is 12.1. The van der Waals surface area contributed by atoms with Gasteiger partial charge in [-0.05, 0) is 24.3 Å². The van der Waals surface area contributed by atoms with Crippen molar-refractivity contribution < 1.29 is 13.5 Å². The number of alkyl halides is 2. The lowest BCUT2D eigenvalue weighted by molar-refractivity contribution is 0.0174. The Labute approximate surface area is 132 Å². The van der Waals surface area contributed by atoms with Crippen LogP contribution in [0, 0.1) is 0 Å². The van der Waals surface area contributed by atoms with Crippen LogP contribution in [0.2, 0.25) is 0 Å². The van der Waals surface area contributed by atoms with Crippen molar-refractivity contribution in [2.45, 2.75) is 28.7 Å². The van der Waals surface area contributed by atoms with E-state index in [1.54, 1.807) is 23.9 Å². The minimum Gasteiger partial charge on any atom is -0.371 e. The highest BCUT2D eigenvalue weighted by Crippen LogP contribution is 2.49. The topological polar surface area (TPSA) is 15.8 Å². The lowest BCUT2D eigenvalue weighted by Crippen LogP contribution is -2.25. The predicted molar refractivity (Wildman–Crippen MR) is 83.3 cm³/mol. The molecule has 0 amide bonds. The molecule has 1 fully saturated rings. The number of hydrogen-bond acceptors (Lipinski definition) is 3. The summed E-state index contributed by atoms with van der Waals surface area (Å²) >= 11 is 1.63. The van der Waals surface area contributed by atoms with Gasteiger partial charge in [-0.3, -0.25) is 0 Å². The second-order valence-corrected chi connectivity index (χ2v) is 6.79. The number of rotatable bonds is 3. The fourth-order valence-corrected chi connectivity index (χ4v) is 3.75. The van der Waals surface area contributed by atoms with Gasteiger partial charge in [-0.1, -0.05) is 30.0 Å². The monoisotopic (exact) mass is 319 g/mol. The number of hydrogen-bond donors (Lipinski definition) is 0. The molecule has 114 valence electrons. The average Bonchev–Trinajstić information content (AvgIpc) is 3.29. The first-order valence-corrected chi connectivity index (χ1v) is 8.02. The Kier molecular flexibility index (Phi) is 3.16. The zero-order valence-corrected chi connectivity index (χ0v) is 12.9. The van der Waals surface area contributed by atoms with E-state index in [4.69, 9.17) is 4.74 Å². The second-order valence-electron chi connectivity index (χ2n) is 5.71. The van der Waals surface area contributed by atoms with Gasteiger partial charge in [0.2, 0.25) is 0 Å². The van der Waals surface area contributed by atoms with Crippen molar-refractivity contribution >= 4 is 23.1 Å². The first kappa shape index (κ1) is 14.0. The summed E-state index contributed by atoms with van der Waals surface area (Å²) in [6, 6.07) is 13.0. The number of epoxide rings is 1. The predicted octanol–water partition coefficient (Wildman–Crippen LogP) is 4.80. The largest absolute Gasteiger partial charge is 0.371 e. The smallest absolute Gasteiger partial charge is 0.270 e. The second kappa shape index (κ2) is 4.96. The van der Waals surface area contributed by atoms with Crippen LogP contribution in [0.15, 0.2) is 52.3 Å². The summed E-state index contributed by atoms with van der Waals surface area (Å²) in [5.74, 6) is -2.83. The molecule has 2 aliphatic rings. The molecule has 4 rings (SSSR count). The maximum atomic E-state index is 13.7. The number of anilines is 2. The molecule has 2 heterocycles. The van der Waals surface area contributed by atoms with Crippen LogP contribution < -0.4 is 4.90 Å². The van der Waals surface area contributed by atoms with E-state index in [9.17, 15) is 8.78 Å². The Morgan fingerprint density at radius 3 is 2.64 bits per heavy atom. The fourth-order valence-electron chi connectivity index (χ4n) is 2.68. The van der Waals surface area contributed by atoms with Gasteiger partial charge in [-0.25, -0.2) is 8.78 Å². The number of benzene rings is 2. The van der Waals surface area contributed by atoms with E-state index in [-0.39, 0.29) is 11.7 Å². The van der Waals surface area contributed by atoms with Crippen LogP contribution in [0.5, 0.6) is 0 Å². The Balaban J connectivity index is 1.82. The van der Waals surface area contributed by atoms with E-state index in [1.165, 1.54) is 6.07 Å². The molecule has 1 atom stereocenters. The van der Waals surface area contributed by atoms with Gasteiger partial charge in [0.1, 0.15) is 0 Å². The van der Waals surface area contributed by atoms with Crippen molar-refractivity contribution in [2.75, 3.05) is 18.1 Å². The van der Waals surface area contributed by atoms with Gasteiger partial charge < -0.3 is 9.64 Å². The molecule has 0 aromatic heterocycles. The number of fused-ring (bicyclic) bond motifs is 2. The molecule has 0 N–H and O–H groups in total. The van der Waals surface area contributed by atoms with Gasteiger partial charge >= 0.3 is 0 Å². The summed E-state index contributed by atoms with van der Waals surface area (Å²) in [5, 5.41) is 0. The van der Waals surface area contributed by atoms with E-state index < -0.39 is 5.92 Å². The van der Waals surface area contributed by atoms with E-state index in [0.29, 0.717) is 6.54 Å². The average molecular weight is 319 g/mol. The standard InChI is InChI=1S/C17H15F2NOS/c1-17(18,19)11-6-7-16-14(8-11)20(9-12-10-21-12)13-4-2-3-5-15(13)22-16/h2-8,12H,9-10H2,1H3. The maximum Gasteiger partial charge on any atom is 0.270 e. The molecule has 2 nitrogen and oxygen atoms in total. The molecule has 0 saturated carbocycles. The SMILES string of the molecule is CC(F)(F)c1ccc2c(c1)N(CC1CO1)c1ccccc1S2. The molecule has 0 radical (unpaired) electrons. The quantitative estimate of drug-likeness (QED) is 0.756. The van der Waals surface area contributed by atoms with Gasteiger partial charge in [0.25, 0.3) is 5.92 Å². The lowest BCUT2D eigenvalue weighted by atomic mass is 10.1. The summed E-state index contributed by atoms with van der Waals surface area (Å²) in [7, 11) is 0. The van der Waals surface area contributed by atoms with Crippen LogP contribution in [0.4, 0.5) is 20.2 Å². The molecule has 2 aromatic rings. The van der Waals surface area contributed by atoms with E-state index in [2.05, 4.69) is 11.0 Å². The van der Waals surface area contributed by atoms with E-state index in [0.717, 1.165) is 34.7 Å². The maximum absolute atomic E-state index is 13.7. The Hall–Kier alpha value is -1.59. The van der Waals surface area contributed by atoms with Gasteiger partial charge in [-0.2, -0.15) is 0 Å². The number of ether oxygens (including phenoxy) is 1. The number of halogens is 2. The van der Waals surface area contributed by atoms with Crippen molar-refractivity contribution in [3.63, 3.8) is 0 Å². The van der Waals surface area contributed by atoms with E-state index in [1.807, 2.05) is 18.2 Å². The Morgan fingerprint density at radius 1 is 1.18 bits per heavy atom. The molecule has 0 spiro atoms. The van der Waals surface area contributed by atoms with Crippen LogP contribution in [-0.2, 0) is 10.7 Å². The van der Waals surface area contributed by atoms with Crippen molar-refractivity contribution in [3.05, 3.63) is 48.0 Å². The van der Waals surface area contributed by atoms with Gasteiger partial charge in [0.15, 0.2) is 0 Å². The van der Waals surface area contributed by atoms with Gasteiger partial charge in [0.05, 0.1) is 30.6 Å². The summed E-state index contributed by atoms with van der Waals surface area (Å²) in [5.41, 5.74) is 1.96. The minimum atomic E-state index is -2.83. The normalized spacial score (nSPS) is 19.6. The summed E-state index contributed by atoms with van der Waals surface area (Å²) in [6.45, 7) is 2.38. The van der Waals surface area contributed by atoms with Gasteiger partial charge in [0, 0.05) is 22.3 Å². The summed E-state index contributed by atoms with van der Waals surface area (Å²) in [4.78, 5) is 4.26. The van der Waals surface area contributed by atoms with Crippen molar-refractivity contribution in [3.8, 4) is 0 Å². The molecule has 0 bridgehead atoms. The zero-order chi connectivity index (χ0) is 15.3. The molecular formula is C17H15F2NOS. The van der Waals surface area contributed by atoms with Crippen molar-refractivity contribution in [1.82, 2.24) is 0 Å². The van der Waals surface area contributed by atoms with Crippen LogP contribution >= 0.6 is 11.8 Å². The number of para-hydroxylation sites is 1. The van der Waals surface area contributed by atoms with Crippen LogP contribution in [0.3, 0.4) is 0 Å². The third-order valence-corrected chi connectivity index (χ3v) is 5.05. The Morgan fingerprint density at radius 2 is 1.91 bits per heavy atom. The molecule has 22 heavy (non-hydrogen) atoms. The molecule has 1 saturated heterocycles. The Bertz CT molecular complexity index is 725. The van der Waals surface area contributed by atoms with Gasteiger partial charge in [-0.15, -0.1) is 0 Å². The molecule has 0 aliphatic carbocycles. The highest BCUT2D eigenvalue weighted by atomic mass is 32.2. The summed E-state index contributed by atoms with van der Waals surface area (Å²) < 4.78 is 32.7. The van der Waals surface area contributed by atoms with Crippen LogP contribution in [0.25, 0.3) is 0 Å². The first-order valence-electron chi connectivity index (χ1n) is 7.21. The van der Waals surface area contributed by atoms with Crippen LogP contribution in [-0.4, -0.2) is 19.3 Å².